The second-order valence-electron chi connectivity index (χ2n) is 5.28. The maximum Gasteiger partial charge on any atom is 0.303 e. The first-order valence-corrected chi connectivity index (χ1v) is 7.07. The molecule has 3 N–H and O–H groups in total. The number of hydrogen-bond acceptors (Lipinski definition) is 3. The smallest absolute Gasteiger partial charge is 0.303 e. The van der Waals surface area contributed by atoms with E-state index in [1.165, 1.54) is 0 Å². The molecule has 19 heavy (non-hydrogen) atoms. The van der Waals surface area contributed by atoms with Gasteiger partial charge in [-0.2, -0.15) is 0 Å². The van der Waals surface area contributed by atoms with Crippen LogP contribution in [0.15, 0.2) is 0 Å². The molecule has 0 aliphatic heterocycles. The monoisotopic (exact) mass is 272 g/mol. The van der Waals surface area contributed by atoms with Gasteiger partial charge in [0.15, 0.2) is 0 Å². The lowest BCUT2D eigenvalue weighted by Crippen LogP contribution is -2.50. The maximum atomic E-state index is 12.7. The van der Waals surface area contributed by atoms with Gasteiger partial charge >= 0.3 is 5.97 Å². The van der Waals surface area contributed by atoms with Crippen LogP contribution in [-0.4, -0.2) is 41.0 Å². The van der Waals surface area contributed by atoms with Gasteiger partial charge in [-0.25, -0.2) is 0 Å². The molecular weight excluding hydrogens is 244 g/mol. The number of nitrogens with zero attached hydrogens (tertiary/aromatic N) is 1. The zero-order chi connectivity index (χ0) is 15.1. The van der Waals surface area contributed by atoms with E-state index < -0.39 is 11.4 Å². The third kappa shape index (κ3) is 4.82. The lowest BCUT2D eigenvalue weighted by Gasteiger charge is -2.37. The van der Waals surface area contributed by atoms with Crippen LogP contribution in [0.4, 0.5) is 0 Å². The van der Waals surface area contributed by atoms with Crippen LogP contribution in [0.2, 0.25) is 0 Å². The Morgan fingerprint density at radius 3 is 2.11 bits per heavy atom. The molecule has 1 amide bonds. The number of aliphatic carboxylic acids is 1. The van der Waals surface area contributed by atoms with E-state index in [-0.39, 0.29) is 18.4 Å². The number of hydrogen-bond donors (Lipinski definition) is 2. The van der Waals surface area contributed by atoms with Crippen LogP contribution in [0, 0.1) is 5.41 Å². The third-order valence-electron chi connectivity index (χ3n) is 3.87. The number of rotatable bonds is 9. The van der Waals surface area contributed by atoms with Gasteiger partial charge in [-0.15, -0.1) is 0 Å². The van der Waals surface area contributed by atoms with E-state index in [2.05, 4.69) is 0 Å². The first-order valence-electron chi connectivity index (χ1n) is 7.07. The molecule has 0 aromatic rings. The van der Waals surface area contributed by atoms with Gasteiger partial charge in [-0.05, 0) is 33.1 Å². The van der Waals surface area contributed by atoms with Crippen molar-refractivity contribution >= 4 is 11.9 Å². The molecule has 0 spiro atoms. The zero-order valence-corrected chi connectivity index (χ0v) is 12.6. The predicted molar refractivity (Wildman–Crippen MR) is 75.8 cm³/mol. The van der Waals surface area contributed by atoms with Crippen molar-refractivity contribution < 1.29 is 14.7 Å². The summed E-state index contributed by atoms with van der Waals surface area (Å²) in [6.45, 7) is 8.66. The summed E-state index contributed by atoms with van der Waals surface area (Å²) in [5.74, 6) is -0.771. The average molecular weight is 272 g/mol. The van der Waals surface area contributed by atoms with E-state index in [0.717, 1.165) is 0 Å². The quantitative estimate of drug-likeness (QED) is 0.671. The number of amides is 1. The lowest BCUT2D eigenvalue weighted by atomic mass is 9.80. The number of carbonyl (C=O) groups excluding carboxylic acids is 1. The van der Waals surface area contributed by atoms with E-state index >= 15 is 0 Å². The van der Waals surface area contributed by atoms with Crippen LogP contribution in [0.1, 0.15) is 53.4 Å². The van der Waals surface area contributed by atoms with Crippen LogP contribution in [-0.2, 0) is 9.59 Å². The molecule has 5 nitrogen and oxygen atoms in total. The van der Waals surface area contributed by atoms with Gasteiger partial charge in [0.2, 0.25) is 5.91 Å². The van der Waals surface area contributed by atoms with Crippen LogP contribution in [0.3, 0.4) is 0 Å². The Morgan fingerprint density at radius 2 is 1.79 bits per heavy atom. The van der Waals surface area contributed by atoms with Crippen LogP contribution < -0.4 is 5.73 Å². The second-order valence-corrected chi connectivity index (χ2v) is 5.28. The molecule has 112 valence electrons. The average Bonchev–Trinajstić information content (AvgIpc) is 2.36. The number of carbonyl (C=O) groups is 2. The fourth-order valence-electron chi connectivity index (χ4n) is 2.23. The van der Waals surface area contributed by atoms with Crippen molar-refractivity contribution in [2.45, 2.75) is 59.4 Å². The summed E-state index contributed by atoms with van der Waals surface area (Å²) >= 11 is 0. The van der Waals surface area contributed by atoms with Gasteiger partial charge in [0, 0.05) is 25.6 Å². The van der Waals surface area contributed by atoms with Crippen LogP contribution in [0.25, 0.3) is 0 Å². The van der Waals surface area contributed by atoms with Crippen molar-refractivity contribution in [1.82, 2.24) is 4.90 Å². The molecule has 0 unspecified atom stereocenters. The highest BCUT2D eigenvalue weighted by Gasteiger charge is 2.37. The normalized spacial score (nSPS) is 11.7. The molecule has 0 heterocycles. The second kappa shape index (κ2) is 8.15. The molecule has 0 saturated heterocycles. The third-order valence-corrected chi connectivity index (χ3v) is 3.87. The Labute approximate surface area is 116 Å². The summed E-state index contributed by atoms with van der Waals surface area (Å²) in [7, 11) is 0. The summed E-state index contributed by atoms with van der Waals surface area (Å²) in [6.07, 6.45) is 1.99. The Morgan fingerprint density at radius 1 is 1.26 bits per heavy atom. The first-order chi connectivity index (χ1) is 8.84. The summed E-state index contributed by atoms with van der Waals surface area (Å²) in [4.78, 5) is 25.0. The molecule has 0 radical (unpaired) electrons. The number of nitrogens with two attached hydrogens (primary N) is 1. The summed E-state index contributed by atoms with van der Waals surface area (Å²) < 4.78 is 0. The molecule has 0 aromatic heterocycles. The molecular formula is C14H28N2O3. The standard InChI is InChI=1S/C14H28N2O3/c1-5-14(6-2,10-15)13(19)16(11(3)4)9-7-8-12(17)18/h11H,5-10,15H2,1-4H3,(H,17,18). The molecule has 0 bridgehead atoms. The Balaban J connectivity index is 4.86. The van der Waals surface area contributed by atoms with Gasteiger partial charge in [0.25, 0.3) is 0 Å². The first kappa shape index (κ1) is 17.9. The lowest BCUT2D eigenvalue weighted by molar-refractivity contribution is -0.145. The predicted octanol–water partition coefficient (Wildman–Crippen LogP) is 1.85. The Hall–Kier alpha value is -1.10. The molecule has 0 saturated carbocycles. The molecule has 5 heteroatoms. The van der Waals surface area contributed by atoms with Gasteiger partial charge in [0.05, 0.1) is 5.41 Å². The van der Waals surface area contributed by atoms with Gasteiger partial charge in [-0.3, -0.25) is 9.59 Å². The molecule has 0 rings (SSSR count). The fourth-order valence-corrected chi connectivity index (χ4v) is 2.23. The van der Waals surface area contributed by atoms with Crippen molar-refractivity contribution in [2.75, 3.05) is 13.1 Å². The summed E-state index contributed by atoms with van der Waals surface area (Å²) in [6, 6.07) is 0.0605. The van der Waals surface area contributed by atoms with Crippen molar-refractivity contribution in [3.8, 4) is 0 Å². The van der Waals surface area contributed by atoms with E-state index in [0.29, 0.717) is 32.4 Å². The SMILES string of the molecule is CCC(CC)(CN)C(=O)N(CCCC(=O)O)C(C)C. The topological polar surface area (TPSA) is 83.6 Å². The number of carboxylic acid groups (broad SMARTS) is 1. The zero-order valence-electron chi connectivity index (χ0n) is 12.6. The Bertz CT molecular complexity index is 291. The Kier molecular flexibility index (Phi) is 7.68. The van der Waals surface area contributed by atoms with E-state index in [1.54, 1.807) is 4.90 Å². The van der Waals surface area contributed by atoms with Gasteiger partial charge in [-0.1, -0.05) is 13.8 Å². The van der Waals surface area contributed by atoms with Crippen LogP contribution >= 0.6 is 0 Å². The minimum Gasteiger partial charge on any atom is -0.481 e. The molecule has 0 atom stereocenters. The largest absolute Gasteiger partial charge is 0.481 e. The molecule has 0 aliphatic rings. The summed E-state index contributed by atoms with van der Waals surface area (Å²) in [5, 5.41) is 8.68. The van der Waals surface area contributed by atoms with Gasteiger partial charge in [0.1, 0.15) is 0 Å². The minimum atomic E-state index is -0.827. The van der Waals surface area contributed by atoms with Gasteiger partial charge < -0.3 is 15.7 Å². The molecule has 0 aromatic carbocycles. The van der Waals surface area contributed by atoms with E-state index in [9.17, 15) is 9.59 Å². The van der Waals surface area contributed by atoms with Crippen molar-refractivity contribution in [3.05, 3.63) is 0 Å². The van der Waals surface area contributed by atoms with Crippen LogP contribution in [0.5, 0.6) is 0 Å². The van der Waals surface area contributed by atoms with Crippen molar-refractivity contribution in [2.24, 2.45) is 11.1 Å². The fraction of sp³-hybridized carbons (Fsp3) is 0.857. The highest BCUT2D eigenvalue weighted by molar-refractivity contribution is 5.83. The molecule has 0 fully saturated rings. The summed E-state index contributed by atoms with van der Waals surface area (Å²) in [5.41, 5.74) is 5.30. The number of carboxylic acids is 1. The highest BCUT2D eigenvalue weighted by atomic mass is 16.4. The van der Waals surface area contributed by atoms with E-state index in [1.807, 2.05) is 27.7 Å². The van der Waals surface area contributed by atoms with Crippen molar-refractivity contribution in [1.29, 1.82) is 0 Å². The van der Waals surface area contributed by atoms with Crippen molar-refractivity contribution in [3.63, 3.8) is 0 Å². The maximum absolute atomic E-state index is 12.7. The van der Waals surface area contributed by atoms with E-state index in [4.69, 9.17) is 10.8 Å². The molecule has 0 aliphatic carbocycles. The minimum absolute atomic E-state index is 0.0559. The highest BCUT2D eigenvalue weighted by Crippen LogP contribution is 2.28.